The van der Waals surface area contributed by atoms with Crippen LogP contribution in [0.15, 0.2) is 54.6 Å². The predicted molar refractivity (Wildman–Crippen MR) is 107 cm³/mol. The summed E-state index contributed by atoms with van der Waals surface area (Å²) in [6.07, 6.45) is 9.78. The van der Waals surface area contributed by atoms with Crippen molar-refractivity contribution in [3.8, 4) is 0 Å². The van der Waals surface area contributed by atoms with E-state index in [0.717, 1.165) is 35.5 Å². The lowest BCUT2D eigenvalue weighted by Crippen LogP contribution is -2.10. The van der Waals surface area contributed by atoms with Crippen LogP contribution in [0.4, 0.5) is 17.3 Å². The molecule has 2 fully saturated rings. The van der Waals surface area contributed by atoms with Crippen LogP contribution < -0.4 is 16.0 Å². The Morgan fingerprint density at radius 3 is 2.93 bits per heavy atom. The number of anilines is 3. The first-order valence-electron chi connectivity index (χ1n) is 9.18. The minimum absolute atomic E-state index is 0.0456. The predicted octanol–water partition coefficient (Wildman–Crippen LogP) is 2.86. The highest BCUT2D eigenvalue weighted by atomic mass is 16.1. The summed E-state index contributed by atoms with van der Waals surface area (Å²) in [7, 11) is 0. The Bertz CT molecular complexity index is 1110. The third-order valence-electron chi connectivity index (χ3n) is 4.72. The molecular weight excluding hydrogens is 354 g/mol. The summed E-state index contributed by atoms with van der Waals surface area (Å²) in [6.45, 7) is 3.91. The number of aromatic nitrogens is 4. The van der Waals surface area contributed by atoms with Crippen molar-refractivity contribution in [1.29, 1.82) is 0 Å². The van der Waals surface area contributed by atoms with Gasteiger partial charge in [0, 0.05) is 29.6 Å². The minimum atomic E-state index is -0.0456. The average Bonchev–Trinajstić information content (AvgIpc) is 3.32. The fourth-order valence-electron chi connectivity index (χ4n) is 3.17. The van der Waals surface area contributed by atoms with E-state index in [2.05, 4.69) is 32.6 Å². The Morgan fingerprint density at radius 1 is 1.32 bits per heavy atom. The van der Waals surface area contributed by atoms with Crippen LogP contribution in [0.3, 0.4) is 0 Å². The SMILES string of the molecule is C=C1NC(=O)C/C1=C\c1cnn2c(NC3CC3)cc(Nc3cccnc3)nc12. The van der Waals surface area contributed by atoms with E-state index in [1.165, 1.54) is 0 Å². The Labute approximate surface area is 161 Å². The number of nitrogens with zero attached hydrogens (tertiary/aromatic N) is 4. The molecule has 8 nitrogen and oxygen atoms in total. The number of hydrogen-bond donors (Lipinski definition) is 3. The molecule has 1 saturated heterocycles. The summed E-state index contributed by atoms with van der Waals surface area (Å²) in [5.41, 5.74) is 3.88. The molecule has 5 rings (SSSR count). The van der Waals surface area contributed by atoms with Crippen LogP contribution in [-0.2, 0) is 4.79 Å². The Balaban J connectivity index is 1.58. The van der Waals surface area contributed by atoms with Crippen molar-refractivity contribution in [2.75, 3.05) is 10.6 Å². The standard InChI is InChI=1S/C20H19N7O/c1-12-13(8-19(28)23-12)7-14-10-22-27-18(25-15-4-5-15)9-17(26-20(14)27)24-16-3-2-6-21-11-16/h2-3,6-7,9-11,15,25H,1,4-5,8H2,(H,23,28)(H,24,26)/b13-7+. The minimum Gasteiger partial charge on any atom is -0.367 e. The maximum absolute atomic E-state index is 11.6. The molecule has 3 aromatic heterocycles. The van der Waals surface area contributed by atoms with E-state index in [4.69, 9.17) is 4.98 Å². The van der Waals surface area contributed by atoms with Gasteiger partial charge in [-0.1, -0.05) is 6.58 Å². The van der Waals surface area contributed by atoms with Crippen molar-refractivity contribution < 1.29 is 4.79 Å². The van der Waals surface area contributed by atoms with Crippen molar-refractivity contribution in [3.05, 3.63) is 60.2 Å². The third-order valence-corrected chi connectivity index (χ3v) is 4.72. The monoisotopic (exact) mass is 373 g/mol. The number of fused-ring (bicyclic) bond motifs is 1. The van der Waals surface area contributed by atoms with Gasteiger partial charge in [0.15, 0.2) is 5.65 Å². The van der Waals surface area contributed by atoms with Crippen LogP contribution in [-0.4, -0.2) is 31.5 Å². The molecule has 3 N–H and O–H groups in total. The molecule has 1 aliphatic heterocycles. The Hall–Kier alpha value is -3.68. The van der Waals surface area contributed by atoms with Crippen molar-refractivity contribution in [1.82, 2.24) is 24.9 Å². The van der Waals surface area contributed by atoms with Gasteiger partial charge in [-0.15, -0.1) is 0 Å². The fraction of sp³-hybridized carbons (Fsp3) is 0.200. The number of rotatable bonds is 5. The van der Waals surface area contributed by atoms with Crippen LogP contribution in [0.1, 0.15) is 24.8 Å². The second-order valence-corrected chi connectivity index (χ2v) is 7.02. The second-order valence-electron chi connectivity index (χ2n) is 7.02. The summed E-state index contributed by atoms with van der Waals surface area (Å²) >= 11 is 0. The molecule has 1 saturated carbocycles. The molecule has 0 bridgehead atoms. The second kappa shape index (κ2) is 6.49. The van der Waals surface area contributed by atoms with Gasteiger partial charge in [-0.3, -0.25) is 9.78 Å². The van der Waals surface area contributed by atoms with Gasteiger partial charge in [-0.05, 0) is 36.6 Å². The molecule has 8 heteroatoms. The van der Waals surface area contributed by atoms with E-state index in [9.17, 15) is 4.79 Å². The number of pyridine rings is 1. The van der Waals surface area contributed by atoms with Crippen molar-refractivity contribution in [2.45, 2.75) is 25.3 Å². The number of nitrogens with one attached hydrogen (secondary N) is 3. The van der Waals surface area contributed by atoms with Crippen LogP contribution >= 0.6 is 0 Å². The summed E-state index contributed by atoms with van der Waals surface area (Å²) in [4.78, 5) is 20.5. The summed E-state index contributed by atoms with van der Waals surface area (Å²) in [5, 5.41) is 14.0. The first-order chi connectivity index (χ1) is 13.7. The zero-order valence-corrected chi connectivity index (χ0v) is 15.1. The molecule has 140 valence electrons. The average molecular weight is 373 g/mol. The van der Waals surface area contributed by atoms with E-state index in [1.54, 1.807) is 23.1 Å². The fourth-order valence-corrected chi connectivity index (χ4v) is 3.17. The van der Waals surface area contributed by atoms with Gasteiger partial charge in [0.25, 0.3) is 0 Å². The van der Waals surface area contributed by atoms with Crippen LogP contribution in [0.2, 0.25) is 0 Å². The summed E-state index contributed by atoms with van der Waals surface area (Å²) in [6, 6.07) is 6.22. The van der Waals surface area contributed by atoms with Gasteiger partial charge < -0.3 is 16.0 Å². The highest BCUT2D eigenvalue weighted by Crippen LogP contribution is 2.29. The molecule has 0 spiro atoms. The molecule has 0 atom stereocenters. The zero-order valence-electron chi connectivity index (χ0n) is 15.1. The van der Waals surface area contributed by atoms with Gasteiger partial charge >= 0.3 is 0 Å². The number of carbonyl (C=O) groups is 1. The van der Waals surface area contributed by atoms with Gasteiger partial charge in [0.1, 0.15) is 11.6 Å². The topological polar surface area (TPSA) is 96.2 Å². The number of hydrogen-bond acceptors (Lipinski definition) is 6. The number of carbonyl (C=O) groups excluding carboxylic acids is 1. The van der Waals surface area contributed by atoms with Gasteiger partial charge in [-0.2, -0.15) is 9.61 Å². The van der Waals surface area contributed by atoms with Crippen LogP contribution in [0, 0.1) is 0 Å². The lowest BCUT2D eigenvalue weighted by molar-refractivity contribution is -0.118. The molecule has 0 aromatic carbocycles. The summed E-state index contributed by atoms with van der Waals surface area (Å²) in [5.74, 6) is 1.53. The highest BCUT2D eigenvalue weighted by molar-refractivity contribution is 5.89. The van der Waals surface area contributed by atoms with Gasteiger partial charge in [-0.25, -0.2) is 4.98 Å². The normalized spacial score (nSPS) is 17.9. The van der Waals surface area contributed by atoms with E-state index in [-0.39, 0.29) is 5.91 Å². The molecule has 1 amide bonds. The lowest BCUT2D eigenvalue weighted by Gasteiger charge is -2.11. The first kappa shape index (κ1) is 16.5. The molecule has 4 heterocycles. The van der Waals surface area contributed by atoms with E-state index < -0.39 is 0 Å². The number of allylic oxidation sites excluding steroid dienone is 1. The molecule has 2 aliphatic rings. The molecule has 28 heavy (non-hydrogen) atoms. The van der Waals surface area contributed by atoms with Crippen LogP contribution in [0.5, 0.6) is 0 Å². The van der Waals surface area contributed by atoms with E-state index in [1.807, 2.05) is 24.3 Å². The smallest absolute Gasteiger partial charge is 0.228 e. The van der Waals surface area contributed by atoms with Crippen molar-refractivity contribution in [2.24, 2.45) is 0 Å². The van der Waals surface area contributed by atoms with Crippen molar-refractivity contribution >= 4 is 35.0 Å². The van der Waals surface area contributed by atoms with Gasteiger partial charge in [0.2, 0.25) is 5.91 Å². The van der Waals surface area contributed by atoms with E-state index in [0.29, 0.717) is 29.6 Å². The summed E-state index contributed by atoms with van der Waals surface area (Å²) < 4.78 is 1.80. The van der Waals surface area contributed by atoms with Crippen molar-refractivity contribution in [3.63, 3.8) is 0 Å². The molecule has 3 aromatic rings. The third kappa shape index (κ3) is 3.20. The molecular formula is C20H19N7O. The Kier molecular flexibility index (Phi) is 3.82. The number of amides is 1. The maximum atomic E-state index is 11.6. The quantitative estimate of drug-likeness (QED) is 0.636. The highest BCUT2D eigenvalue weighted by Gasteiger charge is 2.24. The Morgan fingerprint density at radius 2 is 2.21 bits per heavy atom. The zero-order chi connectivity index (χ0) is 19.1. The largest absolute Gasteiger partial charge is 0.367 e. The molecule has 1 aliphatic carbocycles. The van der Waals surface area contributed by atoms with Gasteiger partial charge in [0.05, 0.1) is 24.5 Å². The van der Waals surface area contributed by atoms with E-state index >= 15 is 0 Å². The molecule has 0 unspecified atom stereocenters. The van der Waals surface area contributed by atoms with Crippen LogP contribution in [0.25, 0.3) is 11.7 Å². The maximum Gasteiger partial charge on any atom is 0.228 e. The lowest BCUT2D eigenvalue weighted by atomic mass is 10.1. The molecule has 0 radical (unpaired) electrons. The first-order valence-corrected chi connectivity index (χ1v) is 9.18.